The molecule has 3 heteroatoms. The van der Waals surface area contributed by atoms with Gasteiger partial charge in [-0.3, -0.25) is 4.79 Å². The molecule has 0 amide bonds. The topological polar surface area (TPSA) is 43.1 Å². The van der Waals surface area contributed by atoms with Crippen molar-refractivity contribution in [3.8, 4) is 0 Å². The molecule has 0 aliphatic carbocycles. The summed E-state index contributed by atoms with van der Waals surface area (Å²) in [4.78, 5) is 12.4. The van der Waals surface area contributed by atoms with E-state index in [4.69, 9.17) is 17.3 Å². The van der Waals surface area contributed by atoms with Gasteiger partial charge in [0.1, 0.15) is 0 Å². The lowest BCUT2D eigenvalue weighted by molar-refractivity contribution is 0.103. The average molecular weight is 288 g/mol. The van der Waals surface area contributed by atoms with Crippen molar-refractivity contribution in [2.24, 2.45) is 0 Å². The number of halogens is 1. The van der Waals surface area contributed by atoms with Crippen LogP contribution >= 0.6 is 11.6 Å². The standard InChI is InChI=1S/C17H18ClNO/c1-3-11(2)12-4-6-13(7-5-12)17(20)15-10-14(18)8-9-16(15)19/h4-11H,3,19H2,1-2H3. The lowest BCUT2D eigenvalue weighted by atomic mass is 9.95. The first-order valence-electron chi connectivity index (χ1n) is 6.72. The Morgan fingerprint density at radius 3 is 2.45 bits per heavy atom. The molecule has 2 rings (SSSR count). The van der Waals surface area contributed by atoms with Crippen LogP contribution in [0.25, 0.3) is 0 Å². The molecule has 2 nitrogen and oxygen atoms in total. The quantitative estimate of drug-likeness (QED) is 0.656. The van der Waals surface area contributed by atoms with Crippen molar-refractivity contribution in [1.82, 2.24) is 0 Å². The summed E-state index contributed by atoms with van der Waals surface area (Å²) in [5.41, 5.74) is 8.62. The fourth-order valence-corrected chi connectivity index (χ4v) is 2.25. The summed E-state index contributed by atoms with van der Waals surface area (Å²) in [6.45, 7) is 4.32. The summed E-state index contributed by atoms with van der Waals surface area (Å²) in [7, 11) is 0. The largest absolute Gasteiger partial charge is 0.398 e. The number of hydrogen-bond donors (Lipinski definition) is 1. The van der Waals surface area contributed by atoms with E-state index in [9.17, 15) is 4.79 Å². The van der Waals surface area contributed by atoms with Crippen molar-refractivity contribution >= 4 is 23.1 Å². The van der Waals surface area contributed by atoms with Gasteiger partial charge in [0.15, 0.2) is 5.78 Å². The molecule has 2 aromatic carbocycles. The second-order valence-electron chi connectivity index (χ2n) is 4.99. The summed E-state index contributed by atoms with van der Waals surface area (Å²) in [5.74, 6) is 0.399. The van der Waals surface area contributed by atoms with Crippen LogP contribution < -0.4 is 5.73 Å². The zero-order valence-corrected chi connectivity index (χ0v) is 12.4. The third kappa shape index (κ3) is 3.02. The Morgan fingerprint density at radius 1 is 1.20 bits per heavy atom. The maximum atomic E-state index is 12.4. The number of benzene rings is 2. The molecule has 1 atom stereocenters. The Hall–Kier alpha value is -1.80. The number of ketones is 1. The van der Waals surface area contributed by atoms with Crippen molar-refractivity contribution in [2.75, 3.05) is 5.73 Å². The predicted octanol–water partition coefficient (Wildman–Crippen LogP) is 4.67. The highest BCUT2D eigenvalue weighted by Crippen LogP contribution is 2.23. The maximum absolute atomic E-state index is 12.4. The highest BCUT2D eigenvalue weighted by atomic mass is 35.5. The van der Waals surface area contributed by atoms with Crippen LogP contribution in [0.4, 0.5) is 5.69 Å². The normalized spacial score (nSPS) is 12.2. The molecule has 104 valence electrons. The van der Waals surface area contributed by atoms with E-state index in [1.54, 1.807) is 18.2 Å². The van der Waals surface area contributed by atoms with Crippen LogP contribution in [-0.4, -0.2) is 5.78 Å². The van der Waals surface area contributed by atoms with Crippen LogP contribution in [0.2, 0.25) is 5.02 Å². The van der Waals surface area contributed by atoms with Gasteiger partial charge < -0.3 is 5.73 Å². The van der Waals surface area contributed by atoms with Crippen LogP contribution in [0, 0.1) is 0 Å². The molecule has 0 aromatic heterocycles. The molecule has 0 saturated heterocycles. The predicted molar refractivity (Wildman–Crippen MR) is 84.4 cm³/mol. The molecular formula is C17H18ClNO. The minimum absolute atomic E-state index is 0.0966. The summed E-state index contributed by atoms with van der Waals surface area (Å²) in [6.07, 6.45) is 1.08. The van der Waals surface area contributed by atoms with Crippen molar-refractivity contribution in [3.63, 3.8) is 0 Å². The second-order valence-corrected chi connectivity index (χ2v) is 5.43. The minimum atomic E-state index is -0.0966. The molecular weight excluding hydrogens is 270 g/mol. The Balaban J connectivity index is 2.32. The number of carbonyl (C=O) groups excluding carboxylic acids is 1. The van der Waals surface area contributed by atoms with E-state index in [0.717, 1.165) is 6.42 Å². The Labute approximate surface area is 124 Å². The Kier molecular flexibility index (Phi) is 4.46. The number of nitrogen functional groups attached to an aromatic ring is 1. The van der Waals surface area contributed by atoms with Gasteiger partial charge in [0.05, 0.1) is 0 Å². The molecule has 20 heavy (non-hydrogen) atoms. The summed E-state index contributed by atoms with van der Waals surface area (Å²) < 4.78 is 0. The molecule has 0 heterocycles. The first-order valence-corrected chi connectivity index (χ1v) is 7.10. The zero-order chi connectivity index (χ0) is 14.7. The monoisotopic (exact) mass is 287 g/mol. The van der Waals surface area contributed by atoms with Gasteiger partial charge in [0.25, 0.3) is 0 Å². The van der Waals surface area contributed by atoms with Crippen LogP contribution in [0.15, 0.2) is 42.5 Å². The van der Waals surface area contributed by atoms with Gasteiger partial charge in [-0.2, -0.15) is 0 Å². The summed E-state index contributed by atoms with van der Waals surface area (Å²) >= 11 is 5.93. The Morgan fingerprint density at radius 2 is 1.85 bits per heavy atom. The van der Waals surface area contributed by atoms with E-state index in [-0.39, 0.29) is 5.78 Å². The lowest BCUT2D eigenvalue weighted by Gasteiger charge is -2.10. The van der Waals surface area contributed by atoms with Crippen LogP contribution in [0.5, 0.6) is 0 Å². The number of carbonyl (C=O) groups is 1. The first kappa shape index (κ1) is 14.6. The molecule has 0 fully saturated rings. The molecule has 0 saturated carbocycles. The lowest BCUT2D eigenvalue weighted by Crippen LogP contribution is -2.05. The van der Waals surface area contributed by atoms with Gasteiger partial charge in [-0.25, -0.2) is 0 Å². The average Bonchev–Trinajstić information content (AvgIpc) is 2.48. The van der Waals surface area contributed by atoms with E-state index in [1.807, 2.05) is 24.3 Å². The molecule has 1 unspecified atom stereocenters. The van der Waals surface area contributed by atoms with E-state index in [1.165, 1.54) is 5.56 Å². The number of hydrogen-bond acceptors (Lipinski definition) is 2. The first-order chi connectivity index (χ1) is 9.52. The highest BCUT2D eigenvalue weighted by Gasteiger charge is 2.13. The summed E-state index contributed by atoms with van der Waals surface area (Å²) in [6, 6.07) is 12.7. The minimum Gasteiger partial charge on any atom is -0.398 e. The van der Waals surface area contributed by atoms with E-state index in [2.05, 4.69) is 13.8 Å². The fraction of sp³-hybridized carbons (Fsp3) is 0.235. The zero-order valence-electron chi connectivity index (χ0n) is 11.7. The van der Waals surface area contributed by atoms with Gasteiger partial charge in [-0.1, -0.05) is 49.7 Å². The van der Waals surface area contributed by atoms with Crippen molar-refractivity contribution in [1.29, 1.82) is 0 Å². The summed E-state index contributed by atoms with van der Waals surface area (Å²) in [5, 5.41) is 0.513. The van der Waals surface area contributed by atoms with Crippen molar-refractivity contribution in [3.05, 3.63) is 64.2 Å². The van der Waals surface area contributed by atoms with Crippen molar-refractivity contribution < 1.29 is 4.79 Å². The molecule has 0 aliphatic rings. The molecule has 2 N–H and O–H groups in total. The SMILES string of the molecule is CCC(C)c1ccc(C(=O)c2cc(Cl)ccc2N)cc1. The van der Waals surface area contributed by atoms with Gasteiger partial charge in [-0.15, -0.1) is 0 Å². The molecule has 0 radical (unpaired) electrons. The molecule has 0 spiro atoms. The van der Waals surface area contributed by atoms with Gasteiger partial charge in [-0.05, 0) is 36.1 Å². The number of nitrogens with two attached hydrogens (primary N) is 1. The molecule has 2 aromatic rings. The van der Waals surface area contributed by atoms with Crippen LogP contribution in [0.3, 0.4) is 0 Å². The smallest absolute Gasteiger partial charge is 0.195 e. The molecule has 0 bridgehead atoms. The third-order valence-electron chi connectivity index (χ3n) is 3.61. The van der Waals surface area contributed by atoms with E-state index in [0.29, 0.717) is 27.8 Å². The Bertz CT molecular complexity index is 619. The van der Waals surface area contributed by atoms with Gasteiger partial charge >= 0.3 is 0 Å². The second kappa shape index (κ2) is 6.10. The van der Waals surface area contributed by atoms with Crippen LogP contribution in [0.1, 0.15) is 47.7 Å². The van der Waals surface area contributed by atoms with E-state index < -0.39 is 0 Å². The molecule has 0 aliphatic heterocycles. The van der Waals surface area contributed by atoms with Crippen LogP contribution in [-0.2, 0) is 0 Å². The maximum Gasteiger partial charge on any atom is 0.195 e. The fourth-order valence-electron chi connectivity index (χ4n) is 2.08. The highest BCUT2D eigenvalue weighted by molar-refractivity contribution is 6.31. The number of rotatable bonds is 4. The van der Waals surface area contributed by atoms with Crippen molar-refractivity contribution in [2.45, 2.75) is 26.2 Å². The third-order valence-corrected chi connectivity index (χ3v) is 3.85. The number of anilines is 1. The van der Waals surface area contributed by atoms with Gasteiger partial charge in [0, 0.05) is 21.8 Å². The van der Waals surface area contributed by atoms with E-state index >= 15 is 0 Å². The van der Waals surface area contributed by atoms with Gasteiger partial charge in [0.2, 0.25) is 0 Å².